The number of aromatic nitrogens is 2. The molecule has 0 radical (unpaired) electrons. The monoisotopic (exact) mass is 330 g/mol. The van der Waals surface area contributed by atoms with Gasteiger partial charge in [0.25, 0.3) is 5.70 Å². The van der Waals surface area contributed by atoms with E-state index in [0.29, 0.717) is 5.92 Å². The average molecular weight is 330 g/mol. The maximum Gasteiger partial charge on any atom is 0.262 e. The van der Waals surface area contributed by atoms with Crippen molar-refractivity contribution in [2.45, 2.75) is 19.8 Å². The van der Waals surface area contributed by atoms with E-state index < -0.39 is 0 Å². The fourth-order valence-corrected chi connectivity index (χ4v) is 3.10. The third-order valence-electron chi connectivity index (χ3n) is 3.86. The second-order valence-corrected chi connectivity index (χ2v) is 6.22. The molecular formula is C19H14N4S. The van der Waals surface area contributed by atoms with Crippen LogP contribution in [-0.4, -0.2) is 8.75 Å². The second kappa shape index (κ2) is 6.62. The van der Waals surface area contributed by atoms with Gasteiger partial charge in [-0.05, 0) is 28.7 Å². The number of allylic oxidation sites excluding steroid dienone is 1. The molecule has 3 aromatic rings. The van der Waals surface area contributed by atoms with Gasteiger partial charge in [-0.1, -0.05) is 50.2 Å². The second-order valence-electron chi connectivity index (χ2n) is 5.69. The number of nitrogens with zero attached hydrogens (tertiary/aromatic N) is 4. The summed E-state index contributed by atoms with van der Waals surface area (Å²) < 4.78 is 8.76. The lowest BCUT2D eigenvalue weighted by Crippen LogP contribution is -1.88. The first-order valence-electron chi connectivity index (χ1n) is 7.49. The van der Waals surface area contributed by atoms with Crippen LogP contribution in [0.3, 0.4) is 0 Å². The summed E-state index contributed by atoms with van der Waals surface area (Å²) in [6.45, 7) is 11.4. The highest BCUT2D eigenvalue weighted by molar-refractivity contribution is 7.00. The highest BCUT2D eigenvalue weighted by atomic mass is 32.1. The van der Waals surface area contributed by atoms with Crippen molar-refractivity contribution in [3.8, 4) is 17.2 Å². The SMILES string of the molecule is [C-]#[N+]/C(C#N)=C\c1ccc(-c2ccc(C(C)C)cc2)c2nsnc12. The maximum absolute atomic E-state index is 8.95. The molecule has 116 valence electrons. The van der Waals surface area contributed by atoms with Crippen molar-refractivity contribution in [2.75, 3.05) is 0 Å². The summed E-state index contributed by atoms with van der Waals surface area (Å²) in [5, 5.41) is 8.95. The molecule has 0 unspecified atom stereocenters. The Morgan fingerprint density at radius 2 is 1.88 bits per heavy atom. The first-order chi connectivity index (χ1) is 11.6. The summed E-state index contributed by atoms with van der Waals surface area (Å²) in [6.07, 6.45) is 1.56. The third-order valence-corrected chi connectivity index (χ3v) is 4.39. The van der Waals surface area contributed by atoms with Gasteiger partial charge < -0.3 is 0 Å². The van der Waals surface area contributed by atoms with Crippen LogP contribution in [0.4, 0.5) is 0 Å². The van der Waals surface area contributed by atoms with Gasteiger partial charge in [0.2, 0.25) is 0 Å². The lowest BCUT2D eigenvalue weighted by Gasteiger charge is -2.08. The van der Waals surface area contributed by atoms with E-state index >= 15 is 0 Å². The predicted octanol–water partition coefficient (Wildman–Crippen LogP) is 5.27. The molecule has 0 saturated carbocycles. The molecule has 0 aliphatic rings. The van der Waals surface area contributed by atoms with Crippen LogP contribution in [0.15, 0.2) is 42.1 Å². The van der Waals surface area contributed by atoms with Crippen molar-refractivity contribution in [1.82, 2.24) is 8.75 Å². The molecule has 1 aromatic heterocycles. The standard InChI is InChI=1S/C19H14N4S/c1-12(2)13-4-6-14(7-5-13)17-9-8-15(10-16(11-20)21-3)18-19(17)23-24-22-18/h4-10,12H,1-2H3/b16-10-. The Labute approximate surface area is 144 Å². The van der Waals surface area contributed by atoms with E-state index in [1.807, 2.05) is 18.2 Å². The zero-order valence-corrected chi connectivity index (χ0v) is 14.1. The van der Waals surface area contributed by atoms with Crippen molar-refractivity contribution in [3.63, 3.8) is 0 Å². The fourth-order valence-electron chi connectivity index (χ4n) is 2.52. The van der Waals surface area contributed by atoms with Crippen LogP contribution in [-0.2, 0) is 0 Å². The van der Waals surface area contributed by atoms with Gasteiger partial charge in [0.05, 0.1) is 24.4 Å². The summed E-state index contributed by atoms with van der Waals surface area (Å²) in [6, 6.07) is 14.2. The Hall–Kier alpha value is -3.02. The van der Waals surface area contributed by atoms with E-state index in [1.165, 1.54) is 5.56 Å². The van der Waals surface area contributed by atoms with Crippen LogP contribution >= 0.6 is 11.7 Å². The molecule has 0 N–H and O–H groups in total. The van der Waals surface area contributed by atoms with Gasteiger partial charge in [-0.25, -0.2) is 10.1 Å². The van der Waals surface area contributed by atoms with Crippen LogP contribution in [0.5, 0.6) is 0 Å². The zero-order valence-electron chi connectivity index (χ0n) is 13.3. The van der Waals surface area contributed by atoms with Crippen LogP contribution in [0.1, 0.15) is 30.9 Å². The van der Waals surface area contributed by atoms with E-state index in [-0.39, 0.29) is 5.70 Å². The molecule has 0 fully saturated rings. The van der Waals surface area contributed by atoms with E-state index in [9.17, 15) is 0 Å². The number of fused-ring (bicyclic) bond motifs is 1. The minimum absolute atomic E-state index is 0.0401. The largest absolute Gasteiger partial charge is 0.262 e. The van der Waals surface area contributed by atoms with Crippen molar-refractivity contribution < 1.29 is 0 Å². The molecule has 0 amide bonds. The van der Waals surface area contributed by atoms with E-state index in [1.54, 1.807) is 6.08 Å². The normalized spacial score (nSPS) is 11.5. The van der Waals surface area contributed by atoms with Gasteiger partial charge in [0.1, 0.15) is 11.0 Å². The summed E-state index contributed by atoms with van der Waals surface area (Å²) in [4.78, 5) is 3.20. The van der Waals surface area contributed by atoms with Gasteiger partial charge in [0.15, 0.2) is 0 Å². The molecule has 0 bridgehead atoms. The van der Waals surface area contributed by atoms with Crippen LogP contribution in [0, 0.1) is 17.9 Å². The molecule has 0 saturated heterocycles. The summed E-state index contributed by atoms with van der Waals surface area (Å²) in [7, 11) is 0. The van der Waals surface area contributed by atoms with Crippen molar-refractivity contribution in [2.24, 2.45) is 0 Å². The molecule has 2 aromatic carbocycles. The number of nitriles is 1. The molecule has 0 aliphatic heterocycles. The molecule has 3 rings (SSSR count). The molecule has 1 heterocycles. The Morgan fingerprint density at radius 3 is 2.50 bits per heavy atom. The molecule has 0 atom stereocenters. The minimum atomic E-state index is 0.0401. The lowest BCUT2D eigenvalue weighted by molar-refractivity contribution is 0.867. The van der Waals surface area contributed by atoms with E-state index in [0.717, 1.165) is 39.5 Å². The smallest absolute Gasteiger partial charge is 0.227 e. The number of rotatable bonds is 3. The molecular weight excluding hydrogens is 316 g/mol. The quantitative estimate of drug-likeness (QED) is 0.486. The Bertz CT molecular complexity index is 983. The molecule has 0 spiro atoms. The third kappa shape index (κ3) is 2.90. The van der Waals surface area contributed by atoms with Crippen molar-refractivity contribution in [3.05, 3.63) is 64.6 Å². The van der Waals surface area contributed by atoms with Gasteiger partial charge >= 0.3 is 0 Å². The molecule has 4 nitrogen and oxygen atoms in total. The van der Waals surface area contributed by atoms with Crippen LogP contribution in [0.25, 0.3) is 33.1 Å². The van der Waals surface area contributed by atoms with Gasteiger partial charge in [-0.3, -0.25) is 0 Å². The van der Waals surface area contributed by atoms with Gasteiger partial charge in [-0.15, -0.1) is 0 Å². The summed E-state index contributed by atoms with van der Waals surface area (Å²) >= 11 is 1.14. The van der Waals surface area contributed by atoms with Crippen LogP contribution in [0.2, 0.25) is 0 Å². The summed E-state index contributed by atoms with van der Waals surface area (Å²) in [5.41, 5.74) is 5.69. The molecule has 5 heteroatoms. The zero-order chi connectivity index (χ0) is 17.1. The predicted molar refractivity (Wildman–Crippen MR) is 97.1 cm³/mol. The molecule has 24 heavy (non-hydrogen) atoms. The fraction of sp³-hybridized carbons (Fsp3) is 0.158. The average Bonchev–Trinajstić information content (AvgIpc) is 3.09. The van der Waals surface area contributed by atoms with Gasteiger partial charge in [0, 0.05) is 5.56 Å². The highest BCUT2D eigenvalue weighted by Gasteiger charge is 2.12. The van der Waals surface area contributed by atoms with Crippen molar-refractivity contribution >= 4 is 28.8 Å². The number of benzene rings is 2. The maximum atomic E-state index is 8.95. The van der Waals surface area contributed by atoms with E-state index in [2.05, 4.69) is 51.7 Å². The number of hydrogen-bond acceptors (Lipinski definition) is 4. The first-order valence-corrected chi connectivity index (χ1v) is 8.22. The Kier molecular flexibility index (Phi) is 4.37. The first kappa shape index (κ1) is 15.9. The highest BCUT2D eigenvalue weighted by Crippen LogP contribution is 2.31. The Morgan fingerprint density at radius 1 is 1.17 bits per heavy atom. The van der Waals surface area contributed by atoms with E-state index in [4.69, 9.17) is 11.8 Å². The van der Waals surface area contributed by atoms with Crippen LogP contribution < -0.4 is 0 Å². The number of hydrogen-bond donors (Lipinski definition) is 0. The van der Waals surface area contributed by atoms with Gasteiger partial charge in [-0.2, -0.15) is 8.75 Å². The summed E-state index contributed by atoms with van der Waals surface area (Å²) in [5.74, 6) is 0.491. The topological polar surface area (TPSA) is 53.9 Å². The minimum Gasteiger partial charge on any atom is -0.227 e. The lowest BCUT2D eigenvalue weighted by atomic mass is 9.97. The van der Waals surface area contributed by atoms with Crippen molar-refractivity contribution in [1.29, 1.82) is 5.26 Å². The molecule has 0 aliphatic carbocycles. The Balaban J connectivity index is 2.12.